The maximum atomic E-state index is 13.3. The maximum Gasteiger partial charge on any atom is 0.417 e. The molecule has 2 aromatic rings. The highest BCUT2D eigenvalue weighted by Crippen LogP contribution is 2.35. The molecule has 1 amide bonds. The van der Waals surface area contributed by atoms with Crippen molar-refractivity contribution in [3.63, 3.8) is 0 Å². The lowest BCUT2D eigenvalue weighted by molar-refractivity contribution is -0.140. The van der Waals surface area contributed by atoms with Crippen LogP contribution < -0.4 is 4.74 Å². The van der Waals surface area contributed by atoms with Gasteiger partial charge in [-0.15, -0.1) is 0 Å². The predicted molar refractivity (Wildman–Crippen MR) is 108 cm³/mol. The fourth-order valence-corrected chi connectivity index (χ4v) is 5.05. The first-order chi connectivity index (χ1) is 14.5. The van der Waals surface area contributed by atoms with Gasteiger partial charge in [-0.05, 0) is 43.7 Å². The summed E-state index contributed by atoms with van der Waals surface area (Å²) >= 11 is 0. The normalized spacial score (nSPS) is 16.7. The monoisotopic (exact) mass is 456 g/mol. The Labute approximate surface area is 179 Å². The average Bonchev–Trinajstić information content (AvgIpc) is 2.72. The zero-order chi connectivity index (χ0) is 22.8. The molecule has 0 N–H and O–H groups in total. The van der Waals surface area contributed by atoms with Gasteiger partial charge in [0.15, 0.2) is 6.10 Å². The zero-order valence-corrected chi connectivity index (χ0v) is 17.9. The number of rotatable bonds is 5. The van der Waals surface area contributed by atoms with Crippen LogP contribution in [0.25, 0.3) is 0 Å². The summed E-state index contributed by atoms with van der Waals surface area (Å²) in [4.78, 5) is 13.4. The molecular weight excluding hydrogens is 433 g/mol. The standard InChI is InChI=1S/C21H23F3N2O4S/c1-15-6-5-7-17(14-15)30-16(2)20(27)25-10-12-26(13-11-25)31(28,29)19-9-4-3-8-18(19)21(22,23)24/h3-9,14,16H,10-13H2,1-2H3. The minimum atomic E-state index is -4.79. The van der Waals surface area contributed by atoms with Crippen molar-refractivity contribution in [3.05, 3.63) is 59.7 Å². The van der Waals surface area contributed by atoms with Gasteiger partial charge in [0.1, 0.15) is 5.75 Å². The van der Waals surface area contributed by atoms with E-state index in [2.05, 4.69) is 0 Å². The van der Waals surface area contributed by atoms with E-state index >= 15 is 0 Å². The topological polar surface area (TPSA) is 66.9 Å². The van der Waals surface area contributed by atoms with Crippen molar-refractivity contribution < 1.29 is 31.1 Å². The van der Waals surface area contributed by atoms with Crippen LogP contribution in [0.5, 0.6) is 5.75 Å². The van der Waals surface area contributed by atoms with E-state index in [1.165, 1.54) is 11.0 Å². The third-order valence-corrected chi connectivity index (χ3v) is 6.97. The first-order valence-electron chi connectivity index (χ1n) is 9.68. The molecule has 0 aliphatic carbocycles. The Morgan fingerprint density at radius 3 is 2.29 bits per heavy atom. The minimum Gasteiger partial charge on any atom is -0.481 e. The number of carbonyl (C=O) groups is 1. The molecule has 0 spiro atoms. The Morgan fingerprint density at radius 1 is 1.03 bits per heavy atom. The number of aryl methyl sites for hydroxylation is 1. The predicted octanol–water partition coefficient (Wildman–Crippen LogP) is 3.31. The maximum absolute atomic E-state index is 13.3. The fraction of sp³-hybridized carbons (Fsp3) is 0.381. The number of ether oxygens (including phenoxy) is 1. The van der Waals surface area contributed by atoms with Gasteiger partial charge >= 0.3 is 6.18 Å². The number of alkyl halides is 3. The van der Waals surface area contributed by atoms with Crippen LogP contribution in [0.2, 0.25) is 0 Å². The fourth-order valence-electron chi connectivity index (χ4n) is 3.41. The number of piperazine rings is 1. The quantitative estimate of drug-likeness (QED) is 0.693. The van der Waals surface area contributed by atoms with E-state index in [9.17, 15) is 26.4 Å². The van der Waals surface area contributed by atoms with E-state index in [0.717, 1.165) is 28.1 Å². The van der Waals surface area contributed by atoms with Crippen LogP contribution >= 0.6 is 0 Å². The summed E-state index contributed by atoms with van der Waals surface area (Å²) < 4.78 is 72.1. The number of amides is 1. The van der Waals surface area contributed by atoms with Gasteiger partial charge in [0.05, 0.1) is 10.5 Å². The highest BCUT2D eigenvalue weighted by atomic mass is 32.2. The van der Waals surface area contributed by atoms with Crippen LogP contribution in [0.1, 0.15) is 18.1 Å². The summed E-state index contributed by atoms with van der Waals surface area (Å²) in [7, 11) is -4.35. The lowest BCUT2D eigenvalue weighted by atomic mass is 10.2. The first kappa shape index (κ1) is 23.1. The molecule has 1 aliphatic rings. The minimum absolute atomic E-state index is 0.0633. The molecule has 3 rings (SSSR count). The molecule has 1 saturated heterocycles. The third kappa shape index (κ3) is 5.19. The lowest BCUT2D eigenvalue weighted by Gasteiger charge is -2.35. The second-order valence-electron chi connectivity index (χ2n) is 7.30. The van der Waals surface area contributed by atoms with Crippen LogP contribution in [-0.2, 0) is 21.0 Å². The van der Waals surface area contributed by atoms with Crippen molar-refractivity contribution in [2.75, 3.05) is 26.2 Å². The summed E-state index contributed by atoms with van der Waals surface area (Å²) in [6, 6.07) is 11.3. The van der Waals surface area contributed by atoms with Gasteiger partial charge in [0.2, 0.25) is 10.0 Å². The van der Waals surface area contributed by atoms with Crippen molar-refractivity contribution in [2.24, 2.45) is 0 Å². The Hall–Kier alpha value is -2.59. The second-order valence-corrected chi connectivity index (χ2v) is 9.21. The van der Waals surface area contributed by atoms with Crippen LogP contribution in [0.15, 0.2) is 53.4 Å². The van der Waals surface area contributed by atoms with E-state index in [1.54, 1.807) is 19.1 Å². The van der Waals surface area contributed by atoms with E-state index in [-0.39, 0.29) is 32.1 Å². The summed E-state index contributed by atoms with van der Waals surface area (Å²) in [5.41, 5.74) is -0.219. The molecule has 1 heterocycles. The van der Waals surface area contributed by atoms with Crippen molar-refractivity contribution in [3.8, 4) is 5.75 Å². The highest BCUT2D eigenvalue weighted by molar-refractivity contribution is 7.89. The zero-order valence-electron chi connectivity index (χ0n) is 17.1. The highest BCUT2D eigenvalue weighted by Gasteiger charge is 2.40. The first-order valence-corrected chi connectivity index (χ1v) is 11.1. The summed E-state index contributed by atoms with van der Waals surface area (Å²) in [6.07, 6.45) is -5.57. The van der Waals surface area contributed by atoms with Crippen molar-refractivity contribution in [1.29, 1.82) is 0 Å². The van der Waals surface area contributed by atoms with Crippen molar-refractivity contribution >= 4 is 15.9 Å². The summed E-state index contributed by atoms with van der Waals surface area (Å²) in [5, 5.41) is 0. The number of hydrogen-bond donors (Lipinski definition) is 0. The van der Waals surface area contributed by atoms with Gasteiger partial charge in [0.25, 0.3) is 5.91 Å². The molecular formula is C21H23F3N2O4S. The molecule has 0 radical (unpaired) electrons. The SMILES string of the molecule is Cc1cccc(OC(C)C(=O)N2CCN(S(=O)(=O)c3ccccc3C(F)(F)F)CC2)c1. The smallest absolute Gasteiger partial charge is 0.417 e. The van der Waals surface area contributed by atoms with Crippen molar-refractivity contribution in [2.45, 2.75) is 31.0 Å². The Balaban J connectivity index is 1.67. The molecule has 1 aliphatic heterocycles. The van der Waals surface area contributed by atoms with Crippen LogP contribution in [-0.4, -0.2) is 55.8 Å². The van der Waals surface area contributed by atoms with Gasteiger partial charge in [0, 0.05) is 26.2 Å². The number of sulfonamides is 1. The average molecular weight is 456 g/mol. The second kappa shape index (κ2) is 8.88. The van der Waals surface area contributed by atoms with Gasteiger partial charge in [-0.25, -0.2) is 8.42 Å². The molecule has 1 unspecified atom stereocenters. The Kier molecular flexibility index (Phi) is 6.61. The van der Waals surface area contributed by atoms with Gasteiger partial charge in [-0.3, -0.25) is 4.79 Å². The molecule has 0 saturated carbocycles. The van der Waals surface area contributed by atoms with E-state index in [0.29, 0.717) is 5.75 Å². The number of halogens is 3. The third-order valence-electron chi connectivity index (χ3n) is 5.01. The van der Waals surface area contributed by atoms with Gasteiger partial charge < -0.3 is 9.64 Å². The molecule has 168 valence electrons. The lowest BCUT2D eigenvalue weighted by Crippen LogP contribution is -2.53. The molecule has 6 nitrogen and oxygen atoms in total. The largest absolute Gasteiger partial charge is 0.481 e. The Morgan fingerprint density at radius 2 is 1.68 bits per heavy atom. The molecule has 0 bridgehead atoms. The van der Waals surface area contributed by atoms with Crippen LogP contribution in [0, 0.1) is 6.92 Å². The molecule has 10 heteroatoms. The van der Waals surface area contributed by atoms with Gasteiger partial charge in [-0.2, -0.15) is 17.5 Å². The summed E-state index contributed by atoms with van der Waals surface area (Å²) in [6.45, 7) is 3.43. The van der Waals surface area contributed by atoms with E-state index in [1.807, 2.05) is 19.1 Å². The molecule has 1 atom stereocenters. The number of benzene rings is 2. The molecule has 2 aromatic carbocycles. The summed E-state index contributed by atoms with van der Waals surface area (Å²) in [5.74, 6) is 0.236. The molecule has 1 fully saturated rings. The van der Waals surface area contributed by atoms with E-state index in [4.69, 9.17) is 4.74 Å². The number of nitrogens with zero attached hydrogens (tertiary/aromatic N) is 2. The van der Waals surface area contributed by atoms with Gasteiger partial charge in [-0.1, -0.05) is 24.3 Å². The van der Waals surface area contributed by atoms with Crippen LogP contribution in [0.4, 0.5) is 13.2 Å². The number of hydrogen-bond acceptors (Lipinski definition) is 4. The van der Waals surface area contributed by atoms with Crippen molar-refractivity contribution in [1.82, 2.24) is 9.21 Å². The van der Waals surface area contributed by atoms with E-state index < -0.39 is 32.8 Å². The molecule has 31 heavy (non-hydrogen) atoms. The van der Waals surface area contributed by atoms with Crippen LogP contribution in [0.3, 0.4) is 0 Å². The molecule has 0 aromatic heterocycles. The number of carbonyl (C=O) groups excluding carboxylic acids is 1. The Bertz CT molecular complexity index is 1050.